The Balaban J connectivity index is 1.52. The average Bonchev–Trinajstić information content (AvgIpc) is 3.09. The summed E-state index contributed by atoms with van der Waals surface area (Å²) in [4.78, 5) is 33.1. The van der Waals surface area contributed by atoms with E-state index in [-0.39, 0.29) is 23.3 Å². The van der Waals surface area contributed by atoms with Gasteiger partial charge in [-0.25, -0.2) is 4.98 Å². The lowest BCUT2D eigenvalue weighted by Crippen LogP contribution is -2.53. The molecule has 7 heteroatoms. The van der Waals surface area contributed by atoms with Gasteiger partial charge in [-0.1, -0.05) is 0 Å². The third kappa shape index (κ3) is 4.51. The standard InChI is InChI=1S/C20H32N4O3/c1-16(24-11-8-21-17(24)2)14-19(26)22-9-6-20(7-10-22)5-4-18(25)23(15-20)12-13-27-3/h8,11,16H,4-7,9-10,12-15H2,1-3H3/t16-/m0/s1. The van der Waals surface area contributed by atoms with E-state index in [1.54, 1.807) is 13.3 Å². The summed E-state index contributed by atoms with van der Waals surface area (Å²) in [5, 5.41) is 0. The van der Waals surface area contributed by atoms with Crippen molar-refractivity contribution >= 4 is 11.8 Å². The first kappa shape index (κ1) is 19.9. The molecule has 0 aliphatic carbocycles. The monoisotopic (exact) mass is 376 g/mol. The maximum atomic E-state index is 12.8. The highest BCUT2D eigenvalue weighted by Crippen LogP contribution is 2.40. The van der Waals surface area contributed by atoms with E-state index < -0.39 is 0 Å². The van der Waals surface area contributed by atoms with Crippen molar-refractivity contribution in [1.29, 1.82) is 0 Å². The number of methoxy groups -OCH3 is 1. The Hall–Kier alpha value is -1.89. The van der Waals surface area contributed by atoms with E-state index in [1.165, 1.54) is 0 Å². The minimum absolute atomic E-state index is 0.118. The van der Waals surface area contributed by atoms with Crippen molar-refractivity contribution in [3.63, 3.8) is 0 Å². The van der Waals surface area contributed by atoms with Crippen molar-refractivity contribution in [3.8, 4) is 0 Å². The average molecular weight is 377 g/mol. The molecule has 2 fully saturated rings. The normalized spacial score (nSPS) is 20.9. The maximum Gasteiger partial charge on any atom is 0.224 e. The van der Waals surface area contributed by atoms with Gasteiger partial charge < -0.3 is 19.1 Å². The molecule has 2 aliphatic rings. The van der Waals surface area contributed by atoms with Gasteiger partial charge in [-0.15, -0.1) is 0 Å². The first-order valence-corrected chi connectivity index (χ1v) is 9.98. The molecule has 0 saturated carbocycles. The lowest BCUT2D eigenvalue weighted by atomic mass is 9.72. The first-order chi connectivity index (χ1) is 12.9. The molecule has 150 valence electrons. The number of carbonyl (C=O) groups is 2. The Morgan fingerprint density at radius 2 is 2.07 bits per heavy atom. The zero-order chi connectivity index (χ0) is 19.4. The van der Waals surface area contributed by atoms with Crippen molar-refractivity contribution in [2.45, 2.75) is 52.0 Å². The fraction of sp³-hybridized carbons (Fsp3) is 0.750. The van der Waals surface area contributed by atoms with Gasteiger partial charge in [-0.05, 0) is 38.5 Å². The Kier molecular flexibility index (Phi) is 6.19. The van der Waals surface area contributed by atoms with Gasteiger partial charge in [0.25, 0.3) is 0 Å². The molecule has 0 N–H and O–H groups in total. The smallest absolute Gasteiger partial charge is 0.224 e. The van der Waals surface area contributed by atoms with Gasteiger partial charge >= 0.3 is 0 Å². The van der Waals surface area contributed by atoms with Crippen LogP contribution in [0, 0.1) is 12.3 Å². The fourth-order valence-corrected chi connectivity index (χ4v) is 4.48. The second-order valence-corrected chi connectivity index (χ2v) is 8.12. The number of rotatable bonds is 6. The summed E-state index contributed by atoms with van der Waals surface area (Å²) >= 11 is 0. The van der Waals surface area contributed by atoms with E-state index in [4.69, 9.17) is 4.74 Å². The number of ether oxygens (including phenoxy) is 1. The molecule has 1 atom stereocenters. The van der Waals surface area contributed by atoms with Crippen molar-refractivity contribution < 1.29 is 14.3 Å². The Morgan fingerprint density at radius 3 is 2.70 bits per heavy atom. The predicted molar refractivity (Wildman–Crippen MR) is 102 cm³/mol. The molecule has 2 saturated heterocycles. The molecular weight excluding hydrogens is 344 g/mol. The van der Waals surface area contributed by atoms with Crippen LogP contribution in [-0.4, -0.2) is 71.1 Å². The van der Waals surface area contributed by atoms with Gasteiger partial charge in [0.15, 0.2) is 0 Å². The number of hydrogen-bond acceptors (Lipinski definition) is 4. The number of aromatic nitrogens is 2. The molecule has 2 amide bonds. The summed E-state index contributed by atoms with van der Waals surface area (Å²) in [7, 11) is 1.67. The zero-order valence-corrected chi connectivity index (χ0v) is 16.8. The summed E-state index contributed by atoms with van der Waals surface area (Å²) < 4.78 is 7.20. The Bertz CT molecular complexity index is 664. The van der Waals surface area contributed by atoms with Gasteiger partial charge in [-0.2, -0.15) is 0 Å². The van der Waals surface area contributed by atoms with Crippen LogP contribution in [0.25, 0.3) is 0 Å². The predicted octanol–water partition coefficient (Wildman–Crippen LogP) is 2.02. The molecule has 0 unspecified atom stereocenters. The van der Waals surface area contributed by atoms with Crippen LogP contribution in [0.5, 0.6) is 0 Å². The van der Waals surface area contributed by atoms with E-state index >= 15 is 0 Å². The molecule has 0 radical (unpaired) electrons. The lowest BCUT2D eigenvalue weighted by Gasteiger charge is -2.47. The number of nitrogens with zero attached hydrogens (tertiary/aromatic N) is 4. The van der Waals surface area contributed by atoms with Gasteiger partial charge in [0, 0.05) is 64.6 Å². The summed E-state index contributed by atoms with van der Waals surface area (Å²) in [6.07, 6.45) is 7.74. The number of likely N-dealkylation sites (tertiary alicyclic amines) is 2. The molecular formula is C20H32N4O3. The summed E-state index contributed by atoms with van der Waals surface area (Å²) in [6, 6.07) is 0.118. The highest BCUT2D eigenvalue weighted by atomic mass is 16.5. The van der Waals surface area contributed by atoms with Crippen molar-refractivity contribution in [3.05, 3.63) is 18.2 Å². The number of piperidine rings is 2. The maximum absolute atomic E-state index is 12.8. The van der Waals surface area contributed by atoms with E-state index in [1.807, 2.05) is 22.9 Å². The van der Waals surface area contributed by atoms with Crippen molar-refractivity contribution in [2.75, 3.05) is 39.9 Å². The van der Waals surface area contributed by atoms with Crippen molar-refractivity contribution in [2.24, 2.45) is 5.41 Å². The van der Waals surface area contributed by atoms with Gasteiger partial charge in [0.05, 0.1) is 6.61 Å². The van der Waals surface area contributed by atoms with E-state index in [9.17, 15) is 9.59 Å². The van der Waals surface area contributed by atoms with Crippen LogP contribution in [0.15, 0.2) is 12.4 Å². The van der Waals surface area contributed by atoms with Gasteiger partial charge in [-0.3, -0.25) is 9.59 Å². The minimum atomic E-state index is 0.118. The second-order valence-electron chi connectivity index (χ2n) is 8.12. The topological polar surface area (TPSA) is 67.7 Å². The molecule has 2 aliphatic heterocycles. The molecule has 0 bridgehead atoms. The minimum Gasteiger partial charge on any atom is -0.383 e. The third-order valence-corrected chi connectivity index (χ3v) is 6.30. The van der Waals surface area contributed by atoms with Crippen LogP contribution in [0.1, 0.15) is 50.9 Å². The second kappa shape index (κ2) is 8.42. The Morgan fingerprint density at radius 1 is 1.33 bits per heavy atom. The zero-order valence-electron chi connectivity index (χ0n) is 16.8. The van der Waals surface area contributed by atoms with Crippen LogP contribution in [0.2, 0.25) is 0 Å². The van der Waals surface area contributed by atoms with E-state index in [2.05, 4.69) is 16.5 Å². The van der Waals surface area contributed by atoms with E-state index in [0.29, 0.717) is 26.0 Å². The van der Waals surface area contributed by atoms with Crippen LogP contribution in [0.3, 0.4) is 0 Å². The van der Waals surface area contributed by atoms with Crippen LogP contribution in [-0.2, 0) is 14.3 Å². The van der Waals surface area contributed by atoms with Crippen LogP contribution < -0.4 is 0 Å². The van der Waals surface area contributed by atoms with Crippen LogP contribution >= 0.6 is 0 Å². The highest BCUT2D eigenvalue weighted by molar-refractivity contribution is 5.78. The van der Waals surface area contributed by atoms with Crippen molar-refractivity contribution in [1.82, 2.24) is 19.4 Å². The van der Waals surface area contributed by atoms with Crippen LogP contribution in [0.4, 0.5) is 0 Å². The SMILES string of the molecule is COCCN1CC2(CCC1=O)CCN(C(=O)C[C@H](C)n1ccnc1C)CC2. The van der Waals surface area contributed by atoms with Gasteiger partial charge in [0.1, 0.15) is 5.82 Å². The molecule has 0 aromatic carbocycles. The number of amides is 2. The third-order valence-electron chi connectivity index (χ3n) is 6.30. The number of carbonyl (C=O) groups excluding carboxylic acids is 2. The molecule has 27 heavy (non-hydrogen) atoms. The number of aryl methyl sites for hydroxylation is 1. The van der Waals surface area contributed by atoms with E-state index in [0.717, 1.165) is 44.7 Å². The first-order valence-electron chi connectivity index (χ1n) is 9.98. The van der Waals surface area contributed by atoms with Gasteiger partial charge in [0.2, 0.25) is 11.8 Å². The molecule has 1 aromatic rings. The summed E-state index contributed by atoms with van der Waals surface area (Å²) in [5.41, 5.74) is 0.172. The molecule has 1 aromatic heterocycles. The fourth-order valence-electron chi connectivity index (χ4n) is 4.48. The Labute approximate surface area is 161 Å². The summed E-state index contributed by atoms with van der Waals surface area (Å²) in [5.74, 6) is 1.39. The molecule has 7 nitrogen and oxygen atoms in total. The quantitative estimate of drug-likeness (QED) is 0.762. The molecule has 3 heterocycles. The molecule has 3 rings (SSSR count). The number of imidazole rings is 1. The molecule has 1 spiro atoms. The summed E-state index contributed by atoms with van der Waals surface area (Å²) in [6.45, 7) is 7.67. The largest absolute Gasteiger partial charge is 0.383 e. The number of hydrogen-bond donors (Lipinski definition) is 0. The lowest BCUT2D eigenvalue weighted by molar-refractivity contribution is -0.143. The highest BCUT2D eigenvalue weighted by Gasteiger charge is 2.41.